The quantitative estimate of drug-likeness (QED) is 0.750. The topological polar surface area (TPSA) is 21.3 Å². The molecule has 0 aromatic heterocycles. The third-order valence-corrected chi connectivity index (χ3v) is 3.79. The maximum atomic E-state index is 5.84. The first-order chi connectivity index (χ1) is 9.02. The van der Waals surface area contributed by atoms with E-state index >= 15 is 0 Å². The molecule has 0 heterocycles. The van der Waals surface area contributed by atoms with E-state index in [1.54, 1.807) is 0 Å². The Bertz CT molecular complexity index is 379. The molecule has 1 N–H and O–H groups in total. The molecule has 1 rings (SSSR count). The van der Waals surface area contributed by atoms with Crippen molar-refractivity contribution >= 4 is 15.9 Å². The van der Waals surface area contributed by atoms with Crippen LogP contribution in [0, 0.1) is 0 Å². The summed E-state index contributed by atoms with van der Waals surface area (Å²) in [5.74, 6) is 0. The third kappa shape index (κ3) is 6.55. The summed E-state index contributed by atoms with van der Waals surface area (Å²) in [4.78, 5) is 0. The van der Waals surface area contributed by atoms with Crippen LogP contribution in [0.3, 0.4) is 0 Å². The Labute approximate surface area is 126 Å². The van der Waals surface area contributed by atoms with Gasteiger partial charge in [0.15, 0.2) is 0 Å². The van der Waals surface area contributed by atoms with Crippen LogP contribution in [0.5, 0.6) is 0 Å². The Morgan fingerprint density at radius 1 is 1.26 bits per heavy atom. The average molecular weight is 328 g/mol. The first kappa shape index (κ1) is 16.7. The van der Waals surface area contributed by atoms with Gasteiger partial charge in [-0.2, -0.15) is 0 Å². The van der Waals surface area contributed by atoms with E-state index in [1.807, 2.05) is 0 Å². The Hall–Kier alpha value is -0.380. The Morgan fingerprint density at radius 2 is 2.00 bits per heavy atom. The first-order valence-electron chi connectivity index (χ1n) is 7.15. The minimum absolute atomic E-state index is 0.333. The molecular formula is C16H26BrNO. The summed E-state index contributed by atoms with van der Waals surface area (Å²) in [6.45, 7) is 10.2. The van der Waals surface area contributed by atoms with E-state index in [1.165, 1.54) is 17.5 Å². The van der Waals surface area contributed by atoms with E-state index in [0.717, 1.165) is 17.4 Å². The Balaban J connectivity index is 2.52. The predicted octanol–water partition coefficient (Wildman–Crippen LogP) is 4.65. The molecule has 1 aromatic carbocycles. The summed E-state index contributed by atoms with van der Waals surface area (Å²) >= 11 is 3.64. The monoisotopic (exact) mass is 327 g/mol. The van der Waals surface area contributed by atoms with Crippen molar-refractivity contribution in [2.45, 2.75) is 65.8 Å². The zero-order valence-electron chi connectivity index (χ0n) is 12.5. The number of nitrogens with one attached hydrogen (secondary N) is 1. The number of hydrogen-bond donors (Lipinski definition) is 1. The molecule has 108 valence electrons. The summed E-state index contributed by atoms with van der Waals surface area (Å²) in [5.41, 5.74) is 2.52. The largest absolute Gasteiger partial charge is 0.374 e. The zero-order valence-corrected chi connectivity index (χ0v) is 14.1. The van der Waals surface area contributed by atoms with Crippen LogP contribution in [-0.2, 0) is 17.9 Å². The number of hydrogen-bond acceptors (Lipinski definition) is 2. The fourth-order valence-corrected chi connectivity index (χ4v) is 2.40. The van der Waals surface area contributed by atoms with E-state index in [2.05, 4.69) is 67.1 Å². The van der Waals surface area contributed by atoms with Crippen LogP contribution >= 0.6 is 15.9 Å². The second-order valence-electron chi connectivity index (χ2n) is 5.37. The Morgan fingerprint density at radius 3 is 2.58 bits per heavy atom. The highest BCUT2D eigenvalue weighted by Gasteiger charge is 2.05. The fraction of sp³-hybridized carbons (Fsp3) is 0.625. The molecule has 1 unspecified atom stereocenters. The van der Waals surface area contributed by atoms with E-state index in [4.69, 9.17) is 4.74 Å². The molecule has 19 heavy (non-hydrogen) atoms. The highest BCUT2D eigenvalue weighted by molar-refractivity contribution is 9.10. The van der Waals surface area contributed by atoms with Crippen LogP contribution in [0.1, 0.15) is 51.7 Å². The van der Waals surface area contributed by atoms with Gasteiger partial charge >= 0.3 is 0 Å². The molecule has 0 aliphatic carbocycles. The van der Waals surface area contributed by atoms with E-state index in [0.29, 0.717) is 18.8 Å². The van der Waals surface area contributed by atoms with Crippen molar-refractivity contribution < 1.29 is 4.74 Å². The van der Waals surface area contributed by atoms with Gasteiger partial charge in [-0.15, -0.1) is 0 Å². The lowest BCUT2D eigenvalue weighted by molar-refractivity contribution is 0.0468. The minimum Gasteiger partial charge on any atom is -0.374 e. The standard InChI is InChI=1S/C16H26BrNO/c1-5-6-13(4)19-11-15-8-7-14(9-16(15)17)10-18-12(2)3/h7-9,12-13,18H,5-6,10-11H2,1-4H3. The molecule has 0 spiro atoms. The number of rotatable bonds is 8. The van der Waals surface area contributed by atoms with Crippen LogP contribution in [-0.4, -0.2) is 12.1 Å². The molecule has 0 saturated carbocycles. The predicted molar refractivity (Wildman–Crippen MR) is 85.3 cm³/mol. The van der Waals surface area contributed by atoms with Crippen LogP contribution in [0.4, 0.5) is 0 Å². The van der Waals surface area contributed by atoms with Crippen molar-refractivity contribution in [3.05, 3.63) is 33.8 Å². The smallest absolute Gasteiger partial charge is 0.0731 e. The van der Waals surface area contributed by atoms with Crippen LogP contribution < -0.4 is 5.32 Å². The van der Waals surface area contributed by atoms with Gasteiger partial charge in [-0.3, -0.25) is 0 Å². The van der Waals surface area contributed by atoms with Crippen molar-refractivity contribution in [3.8, 4) is 0 Å². The van der Waals surface area contributed by atoms with Gasteiger partial charge in [0, 0.05) is 17.1 Å². The van der Waals surface area contributed by atoms with Crippen LogP contribution in [0.2, 0.25) is 0 Å². The SMILES string of the molecule is CCCC(C)OCc1ccc(CNC(C)C)cc1Br. The molecule has 0 saturated heterocycles. The minimum atomic E-state index is 0.333. The lowest BCUT2D eigenvalue weighted by Crippen LogP contribution is -2.21. The molecule has 0 bridgehead atoms. The van der Waals surface area contributed by atoms with E-state index in [9.17, 15) is 0 Å². The van der Waals surface area contributed by atoms with Crippen LogP contribution in [0.25, 0.3) is 0 Å². The molecule has 0 aliphatic heterocycles. The molecule has 0 radical (unpaired) electrons. The normalized spacial score (nSPS) is 12.9. The second kappa shape index (κ2) is 8.72. The molecule has 0 fully saturated rings. The van der Waals surface area contributed by atoms with Crippen molar-refractivity contribution in [3.63, 3.8) is 0 Å². The maximum Gasteiger partial charge on any atom is 0.0731 e. The summed E-state index contributed by atoms with van der Waals surface area (Å²) in [5, 5.41) is 3.42. The van der Waals surface area contributed by atoms with Gasteiger partial charge < -0.3 is 10.1 Å². The van der Waals surface area contributed by atoms with Gasteiger partial charge in [0.2, 0.25) is 0 Å². The summed E-state index contributed by atoms with van der Waals surface area (Å²) < 4.78 is 6.98. The van der Waals surface area contributed by atoms with E-state index in [-0.39, 0.29) is 0 Å². The van der Waals surface area contributed by atoms with Crippen LogP contribution in [0.15, 0.2) is 22.7 Å². The molecule has 3 heteroatoms. The fourth-order valence-electron chi connectivity index (χ4n) is 1.86. The summed E-state index contributed by atoms with van der Waals surface area (Å²) in [6, 6.07) is 7.01. The maximum absolute atomic E-state index is 5.84. The van der Waals surface area contributed by atoms with Crippen molar-refractivity contribution in [2.75, 3.05) is 0 Å². The van der Waals surface area contributed by atoms with E-state index < -0.39 is 0 Å². The van der Waals surface area contributed by atoms with Gasteiger partial charge in [0.25, 0.3) is 0 Å². The Kier molecular flexibility index (Phi) is 7.66. The number of halogens is 1. The van der Waals surface area contributed by atoms with Gasteiger partial charge in [0.05, 0.1) is 12.7 Å². The van der Waals surface area contributed by atoms with Crippen molar-refractivity contribution in [2.24, 2.45) is 0 Å². The van der Waals surface area contributed by atoms with Gasteiger partial charge in [-0.05, 0) is 30.5 Å². The molecule has 1 atom stereocenters. The lowest BCUT2D eigenvalue weighted by atomic mass is 10.1. The summed E-state index contributed by atoms with van der Waals surface area (Å²) in [6.07, 6.45) is 2.62. The van der Waals surface area contributed by atoms with Crippen molar-refractivity contribution in [1.82, 2.24) is 5.32 Å². The molecule has 1 aromatic rings. The molecule has 0 amide bonds. The molecule has 0 aliphatic rings. The highest BCUT2D eigenvalue weighted by Crippen LogP contribution is 2.20. The average Bonchev–Trinajstić information content (AvgIpc) is 2.35. The number of ether oxygens (including phenoxy) is 1. The van der Waals surface area contributed by atoms with Gasteiger partial charge in [0.1, 0.15) is 0 Å². The summed E-state index contributed by atoms with van der Waals surface area (Å²) in [7, 11) is 0. The van der Waals surface area contributed by atoms with Crippen molar-refractivity contribution in [1.29, 1.82) is 0 Å². The zero-order chi connectivity index (χ0) is 14.3. The molecule has 2 nitrogen and oxygen atoms in total. The van der Waals surface area contributed by atoms with Gasteiger partial charge in [-0.1, -0.05) is 55.3 Å². The number of benzene rings is 1. The van der Waals surface area contributed by atoms with Gasteiger partial charge in [-0.25, -0.2) is 0 Å². The highest BCUT2D eigenvalue weighted by atomic mass is 79.9. The third-order valence-electron chi connectivity index (χ3n) is 3.05. The first-order valence-corrected chi connectivity index (χ1v) is 7.94. The lowest BCUT2D eigenvalue weighted by Gasteiger charge is -2.14. The molecular weight excluding hydrogens is 302 g/mol. The second-order valence-corrected chi connectivity index (χ2v) is 6.23.